The van der Waals surface area contributed by atoms with Crippen molar-refractivity contribution in [1.29, 1.82) is 0 Å². The van der Waals surface area contributed by atoms with E-state index >= 15 is 0 Å². The van der Waals surface area contributed by atoms with E-state index in [0.717, 1.165) is 0 Å². The number of carboxylic acid groups (broad SMARTS) is 2. The summed E-state index contributed by atoms with van der Waals surface area (Å²) >= 11 is 0.561. The van der Waals surface area contributed by atoms with E-state index in [1.165, 1.54) is 0 Å². The molecule has 1 saturated heterocycles. The molecule has 1 atom stereocenters. The zero-order chi connectivity index (χ0) is 9.14. The molecule has 68 valence electrons. The Labute approximate surface area is 72.4 Å². The van der Waals surface area contributed by atoms with E-state index < -0.39 is 18.1 Å². The molecule has 0 aromatic rings. The molecule has 1 amide bonds. The number of rotatable bonds is 1. The molecule has 12 heavy (non-hydrogen) atoms. The van der Waals surface area contributed by atoms with Gasteiger partial charge in [0.2, 0.25) is 0 Å². The minimum Gasteiger partial charge on any atom is -0.480 e. The first-order chi connectivity index (χ1) is 5.63. The van der Waals surface area contributed by atoms with Crippen LogP contribution in [0.5, 0.6) is 0 Å². The number of hydrogen-bond acceptors (Lipinski definition) is 4. The number of aliphatic carboxylic acids is 1. The normalized spacial score (nSPS) is 23.7. The Morgan fingerprint density at radius 2 is 2.17 bits per heavy atom. The summed E-state index contributed by atoms with van der Waals surface area (Å²) in [5, 5.41) is 17.1. The molecule has 0 bridgehead atoms. The second-order valence-electron chi connectivity index (χ2n) is 2.15. The van der Waals surface area contributed by atoms with E-state index in [1.807, 2.05) is 0 Å². The van der Waals surface area contributed by atoms with Crippen molar-refractivity contribution >= 4 is 24.3 Å². The van der Waals surface area contributed by atoms with Crippen LogP contribution in [0.25, 0.3) is 0 Å². The molecular weight excluding hydrogens is 186 g/mol. The van der Waals surface area contributed by atoms with Gasteiger partial charge in [0, 0.05) is 6.42 Å². The first-order valence-corrected chi connectivity index (χ1v) is 3.87. The molecule has 1 rings (SSSR count). The van der Waals surface area contributed by atoms with Gasteiger partial charge in [0.1, 0.15) is 18.3 Å². The lowest BCUT2D eigenvalue weighted by atomic mass is 10.2. The van der Waals surface area contributed by atoms with Gasteiger partial charge in [-0.3, -0.25) is 4.18 Å². The summed E-state index contributed by atoms with van der Waals surface area (Å²) in [6.45, 7) is 0.255. The fourth-order valence-corrected chi connectivity index (χ4v) is 1.46. The first-order valence-electron chi connectivity index (χ1n) is 3.17. The van der Waals surface area contributed by atoms with Crippen molar-refractivity contribution in [2.75, 3.05) is 6.61 Å². The van der Waals surface area contributed by atoms with Crippen LogP contribution in [0.4, 0.5) is 4.79 Å². The number of carboxylic acids is 1. The second kappa shape index (κ2) is 3.63. The summed E-state index contributed by atoms with van der Waals surface area (Å²) in [7, 11) is 0. The van der Waals surface area contributed by atoms with Gasteiger partial charge < -0.3 is 10.2 Å². The molecule has 0 saturated carbocycles. The van der Waals surface area contributed by atoms with Gasteiger partial charge in [0.05, 0.1) is 6.61 Å². The maximum atomic E-state index is 10.5. The van der Waals surface area contributed by atoms with Crippen molar-refractivity contribution in [1.82, 2.24) is 4.31 Å². The SMILES string of the molecule is O=C(O)C1CCOSN1C(=O)O. The number of carbonyl (C=O) groups is 2. The van der Waals surface area contributed by atoms with Crippen LogP contribution in [-0.4, -0.2) is 39.2 Å². The minimum absolute atomic E-state index is 0.189. The standard InChI is InChI=1S/C5H7NO5S/c7-4(8)3-1-2-11-12-6(3)5(9)10/h3H,1-2H2,(H,7,8)(H,9,10). The Kier molecular flexibility index (Phi) is 2.77. The number of amides is 1. The number of nitrogens with zero attached hydrogens (tertiary/aromatic N) is 1. The average Bonchev–Trinajstić information content (AvgIpc) is 2.04. The third-order valence-corrected chi connectivity index (χ3v) is 2.21. The van der Waals surface area contributed by atoms with Gasteiger partial charge in [-0.2, -0.15) is 0 Å². The van der Waals surface area contributed by atoms with Gasteiger partial charge >= 0.3 is 12.1 Å². The van der Waals surface area contributed by atoms with E-state index in [9.17, 15) is 9.59 Å². The lowest BCUT2D eigenvalue weighted by molar-refractivity contribution is -0.141. The summed E-state index contributed by atoms with van der Waals surface area (Å²) in [5.41, 5.74) is 0. The maximum absolute atomic E-state index is 10.5. The molecule has 0 aromatic heterocycles. The summed E-state index contributed by atoms with van der Waals surface area (Å²) < 4.78 is 5.41. The molecule has 7 heteroatoms. The highest BCUT2D eigenvalue weighted by Crippen LogP contribution is 2.24. The molecule has 0 radical (unpaired) electrons. The molecule has 1 aliphatic heterocycles. The van der Waals surface area contributed by atoms with E-state index in [4.69, 9.17) is 14.4 Å². The van der Waals surface area contributed by atoms with Gasteiger partial charge in [-0.15, -0.1) is 0 Å². The van der Waals surface area contributed by atoms with Crippen LogP contribution in [0.2, 0.25) is 0 Å². The van der Waals surface area contributed by atoms with E-state index in [-0.39, 0.29) is 13.0 Å². The molecule has 1 unspecified atom stereocenters. The zero-order valence-electron chi connectivity index (χ0n) is 5.97. The van der Waals surface area contributed by atoms with Crippen molar-refractivity contribution in [3.8, 4) is 0 Å². The molecule has 0 aromatic carbocycles. The third kappa shape index (κ3) is 1.80. The van der Waals surface area contributed by atoms with E-state index in [0.29, 0.717) is 16.5 Å². The third-order valence-electron chi connectivity index (χ3n) is 1.36. The maximum Gasteiger partial charge on any atom is 0.419 e. The van der Waals surface area contributed by atoms with Crippen molar-refractivity contribution in [3.63, 3.8) is 0 Å². The number of hydrogen-bond donors (Lipinski definition) is 2. The Bertz CT molecular complexity index is 186. The molecular formula is C5H7NO5S. The fourth-order valence-electron chi connectivity index (χ4n) is 0.812. The first kappa shape index (κ1) is 9.14. The van der Waals surface area contributed by atoms with Gasteiger partial charge in [-0.25, -0.2) is 13.9 Å². The van der Waals surface area contributed by atoms with Crippen molar-refractivity contribution in [2.24, 2.45) is 0 Å². The lowest BCUT2D eigenvalue weighted by Gasteiger charge is -2.27. The van der Waals surface area contributed by atoms with E-state index in [1.54, 1.807) is 0 Å². The lowest BCUT2D eigenvalue weighted by Crippen LogP contribution is -2.43. The molecule has 2 N–H and O–H groups in total. The Balaban J connectivity index is 2.67. The Morgan fingerprint density at radius 3 is 2.58 bits per heavy atom. The van der Waals surface area contributed by atoms with Crippen LogP contribution in [0.1, 0.15) is 6.42 Å². The Morgan fingerprint density at radius 1 is 1.50 bits per heavy atom. The van der Waals surface area contributed by atoms with Crippen LogP contribution >= 0.6 is 12.2 Å². The highest BCUT2D eigenvalue weighted by atomic mass is 32.2. The highest BCUT2D eigenvalue weighted by Gasteiger charge is 2.33. The quantitative estimate of drug-likeness (QED) is 0.463. The topological polar surface area (TPSA) is 87.1 Å². The van der Waals surface area contributed by atoms with Crippen LogP contribution in [0.3, 0.4) is 0 Å². The highest BCUT2D eigenvalue weighted by molar-refractivity contribution is 7.92. The summed E-state index contributed by atoms with van der Waals surface area (Å²) in [4.78, 5) is 20.9. The molecule has 6 nitrogen and oxygen atoms in total. The largest absolute Gasteiger partial charge is 0.480 e. The van der Waals surface area contributed by atoms with Crippen molar-refractivity contribution < 1.29 is 24.0 Å². The summed E-state index contributed by atoms with van der Waals surface area (Å²) in [6, 6.07) is -0.999. The predicted octanol–water partition coefficient (Wildman–Crippen LogP) is 0.403. The van der Waals surface area contributed by atoms with Crippen LogP contribution in [-0.2, 0) is 8.98 Å². The Hall–Kier alpha value is -0.950. The molecule has 1 aliphatic rings. The monoisotopic (exact) mass is 193 g/mol. The second-order valence-corrected chi connectivity index (χ2v) is 2.93. The van der Waals surface area contributed by atoms with Gasteiger partial charge in [0.25, 0.3) is 0 Å². The van der Waals surface area contributed by atoms with Crippen molar-refractivity contribution in [3.05, 3.63) is 0 Å². The van der Waals surface area contributed by atoms with Crippen LogP contribution in [0, 0.1) is 0 Å². The molecule has 1 fully saturated rings. The fraction of sp³-hybridized carbons (Fsp3) is 0.600. The molecule has 0 spiro atoms. The summed E-state index contributed by atoms with van der Waals surface area (Å²) in [6.07, 6.45) is -1.11. The molecule has 1 heterocycles. The van der Waals surface area contributed by atoms with Crippen LogP contribution < -0.4 is 0 Å². The smallest absolute Gasteiger partial charge is 0.419 e. The predicted molar refractivity (Wildman–Crippen MR) is 39.4 cm³/mol. The minimum atomic E-state index is -1.30. The average molecular weight is 193 g/mol. The van der Waals surface area contributed by atoms with Gasteiger partial charge in [0.15, 0.2) is 0 Å². The van der Waals surface area contributed by atoms with Crippen LogP contribution in [0.15, 0.2) is 0 Å². The van der Waals surface area contributed by atoms with Gasteiger partial charge in [-0.05, 0) is 0 Å². The molecule has 0 aliphatic carbocycles. The van der Waals surface area contributed by atoms with Crippen molar-refractivity contribution in [2.45, 2.75) is 12.5 Å². The van der Waals surface area contributed by atoms with E-state index in [2.05, 4.69) is 0 Å². The zero-order valence-corrected chi connectivity index (χ0v) is 6.78. The van der Waals surface area contributed by atoms with Gasteiger partial charge in [-0.1, -0.05) is 0 Å². The summed E-state index contributed by atoms with van der Waals surface area (Å²) in [5.74, 6) is -1.15.